The molecule has 2 atom stereocenters. The molecule has 0 bridgehead atoms. The second kappa shape index (κ2) is 19.6. The Hall–Kier alpha value is -2.11. The molecule has 0 radical (unpaired) electrons. The van der Waals surface area contributed by atoms with Gasteiger partial charge in [-0.1, -0.05) is 93.7 Å². The highest BCUT2D eigenvalue weighted by Crippen LogP contribution is 2.19. The molecule has 0 spiro atoms. The quantitative estimate of drug-likeness (QED) is 0.252. The number of unbranched alkanes of at least 4 members (excludes halogenated alkanes) is 1. The van der Waals surface area contributed by atoms with Crippen molar-refractivity contribution >= 4 is 5.78 Å². The van der Waals surface area contributed by atoms with E-state index in [0.717, 1.165) is 30.4 Å². The average Bonchev–Trinajstić information content (AvgIpc) is 2.68. The van der Waals surface area contributed by atoms with E-state index < -0.39 is 0 Å². The normalized spacial score (nSPS) is 14.3. The fourth-order valence-electron chi connectivity index (χ4n) is 2.44. The van der Waals surface area contributed by atoms with Crippen molar-refractivity contribution in [2.45, 2.75) is 73.3 Å². The van der Waals surface area contributed by atoms with E-state index in [1.807, 2.05) is 52.0 Å². The molecule has 28 heavy (non-hydrogen) atoms. The van der Waals surface area contributed by atoms with Crippen LogP contribution in [0.15, 0.2) is 60.3 Å². The van der Waals surface area contributed by atoms with Crippen LogP contribution in [-0.4, -0.2) is 18.5 Å². The largest absolute Gasteiger partial charge is 0.377 e. The molecule has 0 saturated heterocycles. The highest BCUT2D eigenvalue weighted by Gasteiger charge is 2.21. The first-order chi connectivity index (χ1) is 13.5. The summed E-state index contributed by atoms with van der Waals surface area (Å²) < 4.78 is 5.96. The third-order valence-electron chi connectivity index (χ3n) is 4.08. The minimum Gasteiger partial charge on any atom is -0.377 e. The number of carbonyl (C=O) groups excluding carboxylic acids is 1. The first kappa shape index (κ1) is 28.1. The van der Waals surface area contributed by atoms with Gasteiger partial charge in [-0.2, -0.15) is 0 Å². The number of Topliss-reactive ketones (excluding diaryl/α,β-unsaturated/α-hetero) is 1. The van der Waals surface area contributed by atoms with Crippen molar-refractivity contribution in [1.29, 1.82) is 0 Å². The lowest BCUT2D eigenvalue weighted by molar-refractivity contribution is -0.123. The predicted octanol–water partition coefficient (Wildman–Crippen LogP) is 7.01. The minimum absolute atomic E-state index is 0.159. The van der Waals surface area contributed by atoms with Crippen LogP contribution in [0.4, 0.5) is 0 Å². The van der Waals surface area contributed by atoms with Gasteiger partial charge in [0.15, 0.2) is 0 Å². The summed E-state index contributed by atoms with van der Waals surface area (Å²) in [5.74, 6) is 2.37. The Morgan fingerprint density at radius 1 is 1.18 bits per heavy atom. The summed E-state index contributed by atoms with van der Waals surface area (Å²) in [7, 11) is 0. The van der Waals surface area contributed by atoms with Gasteiger partial charge in [0, 0.05) is 6.42 Å². The number of terminal acetylenes is 1. The Labute approximate surface area is 174 Å². The van der Waals surface area contributed by atoms with Crippen molar-refractivity contribution in [2.75, 3.05) is 6.61 Å². The van der Waals surface area contributed by atoms with E-state index in [1.165, 1.54) is 0 Å². The van der Waals surface area contributed by atoms with E-state index in [9.17, 15) is 4.79 Å². The predicted molar refractivity (Wildman–Crippen MR) is 124 cm³/mol. The van der Waals surface area contributed by atoms with Gasteiger partial charge in [-0.3, -0.25) is 4.79 Å². The topological polar surface area (TPSA) is 26.3 Å². The SMILES string of the molecule is C#C/C=C\C=C(/C)C(COC(C)CCCC)C(=O)C/C(C)=C/C=C\C=C.CC. The summed E-state index contributed by atoms with van der Waals surface area (Å²) >= 11 is 0. The number of ketones is 1. The van der Waals surface area contributed by atoms with E-state index >= 15 is 0 Å². The van der Waals surface area contributed by atoms with E-state index in [2.05, 4.69) is 26.3 Å². The number of ether oxygens (including phenoxy) is 1. The third-order valence-corrected chi connectivity index (χ3v) is 4.08. The van der Waals surface area contributed by atoms with Crippen LogP contribution < -0.4 is 0 Å². The number of hydrogen-bond acceptors (Lipinski definition) is 2. The first-order valence-electron chi connectivity index (χ1n) is 10.3. The maximum atomic E-state index is 12.8. The molecule has 0 aliphatic rings. The summed E-state index contributed by atoms with van der Waals surface area (Å²) in [5.41, 5.74) is 1.99. The van der Waals surface area contributed by atoms with Crippen LogP contribution >= 0.6 is 0 Å². The molecule has 2 unspecified atom stereocenters. The molecular formula is C26H40O2. The van der Waals surface area contributed by atoms with Gasteiger partial charge in [-0.25, -0.2) is 0 Å². The maximum Gasteiger partial charge on any atom is 0.146 e. The van der Waals surface area contributed by atoms with Crippen molar-refractivity contribution < 1.29 is 9.53 Å². The molecule has 0 rings (SSSR count). The Balaban J connectivity index is 0. The third kappa shape index (κ3) is 15.0. The fourth-order valence-corrected chi connectivity index (χ4v) is 2.44. The molecule has 0 N–H and O–H groups in total. The van der Waals surface area contributed by atoms with Crippen molar-refractivity contribution in [3.63, 3.8) is 0 Å². The van der Waals surface area contributed by atoms with Gasteiger partial charge in [0.2, 0.25) is 0 Å². The molecule has 156 valence electrons. The second-order valence-corrected chi connectivity index (χ2v) is 6.55. The minimum atomic E-state index is -0.256. The average molecular weight is 385 g/mol. The van der Waals surface area contributed by atoms with Crippen LogP contribution in [0.25, 0.3) is 0 Å². The molecule has 2 heteroatoms. The first-order valence-corrected chi connectivity index (χ1v) is 10.3. The molecule has 0 amide bonds. The lowest BCUT2D eigenvalue weighted by Crippen LogP contribution is -2.24. The summed E-state index contributed by atoms with van der Waals surface area (Å²) in [6, 6.07) is 0. The molecule has 0 saturated carbocycles. The smallest absolute Gasteiger partial charge is 0.146 e. The van der Waals surface area contributed by atoms with Gasteiger partial charge >= 0.3 is 0 Å². The van der Waals surface area contributed by atoms with E-state index in [-0.39, 0.29) is 17.8 Å². The molecule has 0 fully saturated rings. The van der Waals surface area contributed by atoms with Crippen molar-refractivity contribution in [1.82, 2.24) is 0 Å². The molecule has 0 aliphatic carbocycles. The summed E-state index contributed by atoms with van der Waals surface area (Å²) in [6.45, 7) is 16.2. The molecular weight excluding hydrogens is 344 g/mol. The van der Waals surface area contributed by atoms with Crippen LogP contribution in [0.5, 0.6) is 0 Å². The van der Waals surface area contributed by atoms with E-state index in [4.69, 9.17) is 11.2 Å². The highest BCUT2D eigenvalue weighted by molar-refractivity contribution is 5.85. The summed E-state index contributed by atoms with van der Waals surface area (Å²) in [4.78, 5) is 12.8. The lowest BCUT2D eigenvalue weighted by atomic mass is 9.92. The van der Waals surface area contributed by atoms with Gasteiger partial charge in [-0.15, -0.1) is 6.42 Å². The molecule has 0 heterocycles. The van der Waals surface area contributed by atoms with Crippen molar-refractivity contribution in [2.24, 2.45) is 5.92 Å². The van der Waals surface area contributed by atoms with E-state index in [1.54, 1.807) is 18.2 Å². The molecule has 2 nitrogen and oxygen atoms in total. The maximum absolute atomic E-state index is 12.8. The molecule has 0 aromatic carbocycles. The zero-order valence-electron chi connectivity index (χ0n) is 18.8. The molecule has 0 aromatic rings. The van der Waals surface area contributed by atoms with Crippen LogP contribution in [-0.2, 0) is 9.53 Å². The molecule has 0 aliphatic heterocycles. The van der Waals surface area contributed by atoms with Gasteiger partial charge in [0.1, 0.15) is 5.78 Å². The number of allylic oxidation sites excluding steroid dienone is 8. The van der Waals surface area contributed by atoms with E-state index in [0.29, 0.717) is 13.0 Å². The monoisotopic (exact) mass is 384 g/mol. The van der Waals surface area contributed by atoms with Crippen molar-refractivity contribution in [3.8, 4) is 12.3 Å². The summed E-state index contributed by atoms with van der Waals surface area (Å²) in [5, 5.41) is 0. The number of carbonyl (C=O) groups is 1. The summed E-state index contributed by atoms with van der Waals surface area (Å²) in [6.07, 6.45) is 21.8. The number of hydrogen-bond donors (Lipinski definition) is 0. The van der Waals surface area contributed by atoms with Crippen molar-refractivity contribution in [3.05, 3.63) is 60.3 Å². The van der Waals surface area contributed by atoms with Gasteiger partial charge in [0.25, 0.3) is 0 Å². The Bertz CT molecular complexity index is 582. The van der Waals surface area contributed by atoms with Gasteiger partial charge in [-0.05, 0) is 33.3 Å². The molecule has 0 aromatic heterocycles. The fraction of sp³-hybridized carbons (Fsp3) is 0.500. The zero-order valence-corrected chi connectivity index (χ0v) is 18.8. The Morgan fingerprint density at radius 2 is 1.86 bits per heavy atom. The van der Waals surface area contributed by atoms with Crippen LogP contribution in [0.2, 0.25) is 0 Å². The second-order valence-electron chi connectivity index (χ2n) is 6.55. The van der Waals surface area contributed by atoms with Crippen LogP contribution in [0.3, 0.4) is 0 Å². The van der Waals surface area contributed by atoms with Crippen LogP contribution in [0, 0.1) is 18.3 Å². The standard InChI is InChI=1S/C24H34O2.C2H6/c1-7-10-13-15-20(4)18-24(25)23(21(5)16-14-11-8-2)19-26-22(6)17-12-9-3;1-2/h2,7,10-11,13-16,22-23H,1,9,12,17-19H2,3-6H3;1-2H3/b13-10-,14-11-,20-15+,21-16+;. The van der Waals surface area contributed by atoms with Gasteiger partial charge < -0.3 is 4.74 Å². The Kier molecular flexibility index (Phi) is 19.7. The number of rotatable bonds is 13. The zero-order chi connectivity index (χ0) is 21.8. The van der Waals surface area contributed by atoms with Gasteiger partial charge in [0.05, 0.1) is 18.6 Å². The highest BCUT2D eigenvalue weighted by atomic mass is 16.5. The van der Waals surface area contributed by atoms with Crippen LogP contribution in [0.1, 0.15) is 67.2 Å². The Morgan fingerprint density at radius 3 is 2.43 bits per heavy atom. The lowest BCUT2D eigenvalue weighted by Gasteiger charge is -2.20.